The zero-order valence-electron chi connectivity index (χ0n) is 6.50. The number of hydrogen-bond donors (Lipinski definition) is 0. The quantitative estimate of drug-likeness (QED) is 0.584. The van der Waals surface area contributed by atoms with Crippen molar-refractivity contribution < 1.29 is 14.2 Å². The summed E-state index contributed by atoms with van der Waals surface area (Å²) in [5.74, 6) is 0. The molecule has 0 amide bonds. The van der Waals surface area contributed by atoms with Crippen molar-refractivity contribution in [2.45, 2.75) is 31.8 Å². The third kappa shape index (κ3) is 1.94. The van der Waals surface area contributed by atoms with Gasteiger partial charge in [-0.15, -0.1) is 0 Å². The standard InChI is InChI=1S/C7H14O3/c1-8-6-4-3-5-7(9-2)10-6/h6-7H,3-5H2,1-2H3/t6-,7+. The Labute approximate surface area is 61.3 Å². The van der Waals surface area contributed by atoms with Crippen molar-refractivity contribution in [3.8, 4) is 0 Å². The minimum absolute atomic E-state index is 0.0568. The molecule has 1 heterocycles. The molecule has 3 heteroatoms. The maximum Gasteiger partial charge on any atom is 0.160 e. The highest BCUT2D eigenvalue weighted by Gasteiger charge is 2.20. The van der Waals surface area contributed by atoms with Gasteiger partial charge in [-0.1, -0.05) is 0 Å². The van der Waals surface area contributed by atoms with E-state index in [9.17, 15) is 0 Å². The van der Waals surface area contributed by atoms with Crippen molar-refractivity contribution in [2.24, 2.45) is 0 Å². The van der Waals surface area contributed by atoms with E-state index in [2.05, 4.69) is 0 Å². The van der Waals surface area contributed by atoms with Crippen LogP contribution >= 0.6 is 0 Å². The highest BCUT2D eigenvalue weighted by molar-refractivity contribution is 4.57. The van der Waals surface area contributed by atoms with Gasteiger partial charge in [0.2, 0.25) is 0 Å². The fraction of sp³-hybridized carbons (Fsp3) is 1.00. The van der Waals surface area contributed by atoms with Crippen LogP contribution in [0.1, 0.15) is 19.3 Å². The maximum atomic E-state index is 5.34. The fourth-order valence-corrected chi connectivity index (χ4v) is 1.10. The van der Waals surface area contributed by atoms with E-state index in [0.29, 0.717) is 0 Å². The first-order valence-electron chi connectivity index (χ1n) is 3.58. The van der Waals surface area contributed by atoms with Gasteiger partial charge in [0, 0.05) is 14.2 Å². The molecule has 2 atom stereocenters. The van der Waals surface area contributed by atoms with Crippen molar-refractivity contribution in [3.05, 3.63) is 0 Å². The summed E-state index contributed by atoms with van der Waals surface area (Å²) < 4.78 is 15.4. The van der Waals surface area contributed by atoms with E-state index in [1.165, 1.54) is 0 Å². The molecule has 1 saturated heterocycles. The molecule has 0 unspecified atom stereocenters. The molecular weight excluding hydrogens is 132 g/mol. The van der Waals surface area contributed by atoms with Gasteiger partial charge in [0.25, 0.3) is 0 Å². The second-order valence-corrected chi connectivity index (χ2v) is 2.40. The lowest BCUT2D eigenvalue weighted by Gasteiger charge is -2.27. The summed E-state index contributed by atoms with van der Waals surface area (Å²) in [7, 11) is 3.31. The summed E-state index contributed by atoms with van der Waals surface area (Å²) >= 11 is 0. The van der Waals surface area contributed by atoms with E-state index in [-0.39, 0.29) is 12.6 Å². The van der Waals surface area contributed by atoms with Crippen molar-refractivity contribution >= 4 is 0 Å². The Hall–Kier alpha value is -0.120. The van der Waals surface area contributed by atoms with Crippen LogP contribution in [0.5, 0.6) is 0 Å². The molecular formula is C7H14O3. The molecule has 0 radical (unpaired) electrons. The van der Waals surface area contributed by atoms with Crippen molar-refractivity contribution in [1.29, 1.82) is 0 Å². The Balaban J connectivity index is 2.25. The summed E-state index contributed by atoms with van der Waals surface area (Å²) in [5.41, 5.74) is 0. The zero-order valence-corrected chi connectivity index (χ0v) is 6.50. The van der Waals surface area contributed by atoms with Crippen LogP contribution in [0.4, 0.5) is 0 Å². The molecule has 0 aromatic carbocycles. The van der Waals surface area contributed by atoms with Gasteiger partial charge in [0.15, 0.2) is 12.6 Å². The second-order valence-electron chi connectivity index (χ2n) is 2.40. The van der Waals surface area contributed by atoms with Crippen molar-refractivity contribution in [1.82, 2.24) is 0 Å². The molecule has 1 aliphatic heterocycles. The largest absolute Gasteiger partial charge is 0.356 e. The van der Waals surface area contributed by atoms with Crippen LogP contribution in [0.25, 0.3) is 0 Å². The molecule has 0 aliphatic carbocycles. The highest BCUT2D eigenvalue weighted by atomic mass is 16.8. The molecule has 0 spiro atoms. The summed E-state index contributed by atoms with van der Waals surface area (Å²) in [6.07, 6.45) is 2.97. The van der Waals surface area contributed by atoms with Crippen LogP contribution in [-0.2, 0) is 14.2 Å². The SMILES string of the molecule is CO[C@H]1CCC[C@@H](OC)O1. The van der Waals surface area contributed by atoms with Gasteiger partial charge in [-0.25, -0.2) is 0 Å². The maximum absolute atomic E-state index is 5.34. The average molecular weight is 146 g/mol. The van der Waals surface area contributed by atoms with Crippen molar-refractivity contribution in [3.63, 3.8) is 0 Å². The molecule has 1 fully saturated rings. The average Bonchev–Trinajstić information content (AvgIpc) is 2.05. The highest BCUT2D eigenvalue weighted by Crippen LogP contribution is 2.19. The van der Waals surface area contributed by atoms with E-state index < -0.39 is 0 Å². The normalized spacial score (nSPS) is 34.2. The molecule has 1 aliphatic rings. The van der Waals surface area contributed by atoms with Gasteiger partial charge in [-0.05, 0) is 19.3 Å². The predicted octanol–water partition coefficient (Wildman–Crippen LogP) is 1.13. The summed E-state index contributed by atoms with van der Waals surface area (Å²) in [6.45, 7) is 0. The third-order valence-electron chi connectivity index (χ3n) is 1.71. The Kier molecular flexibility index (Phi) is 3.12. The van der Waals surface area contributed by atoms with Crippen LogP contribution < -0.4 is 0 Å². The van der Waals surface area contributed by atoms with Crippen LogP contribution in [0.2, 0.25) is 0 Å². The third-order valence-corrected chi connectivity index (χ3v) is 1.71. The molecule has 0 aromatic heterocycles. The monoisotopic (exact) mass is 146 g/mol. The van der Waals surface area contributed by atoms with Gasteiger partial charge in [0.1, 0.15) is 0 Å². The van der Waals surface area contributed by atoms with Gasteiger partial charge in [-0.3, -0.25) is 0 Å². The first kappa shape index (κ1) is 7.98. The predicted molar refractivity (Wildman–Crippen MR) is 36.5 cm³/mol. The molecule has 1 rings (SSSR count). The first-order valence-corrected chi connectivity index (χ1v) is 3.58. The number of methoxy groups -OCH3 is 2. The second kappa shape index (κ2) is 3.91. The lowest BCUT2D eigenvalue weighted by molar-refractivity contribution is -0.251. The Bertz CT molecular complexity index is 84.9. The molecule has 0 N–H and O–H groups in total. The van der Waals surface area contributed by atoms with Crippen LogP contribution in [-0.4, -0.2) is 26.8 Å². The Morgan fingerprint density at radius 2 is 1.60 bits per heavy atom. The zero-order chi connectivity index (χ0) is 7.40. The summed E-state index contributed by atoms with van der Waals surface area (Å²) in [5, 5.41) is 0. The molecule has 10 heavy (non-hydrogen) atoms. The molecule has 3 nitrogen and oxygen atoms in total. The summed E-state index contributed by atoms with van der Waals surface area (Å²) in [6, 6.07) is 0. The molecule has 0 saturated carbocycles. The van der Waals surface area contributed by atoms with Crippen molar-refractivity contribution in [2.75, 3.05) is 14.2 Å². The van der Waals surface area contributed by atoms with Gasteiger partial charge in [-0.2, -0.15) is 0 Å². The van der Waals surface area contributed by atoms with Crippen LogP contribution in [0, 0.1) is 0 Å². The molecule has 60 valence electrons. The van der Waals surface area contributed by atoms with E-state index in [1.807, 2.05) is 0 Å². The van der Waals surface area contributed by atoms with Gasteiger partial charge in [0.05, 0.1) is 0 Å². The smallest absolute Gasteiger partial charge is 0.160 e. The topological polar surface area (TPSA) is 27.7 Å². The fourth-order valence-electron chi connectivity index (χ4n) is 1.10. The van der Waals surface area contributed by atoms with E-state index in [0.717, 1.165) is 19.3 Å². The van der Waals surface area contributed by atoms with E-state index >= 15 is 0 Å². The Morgan fingerprint density at radius 1 is 1.10 bits per heavy atom. The molecule has 0 bridgehead atoms. The van der Waals surface area contributed by atoms with Gasteiger partial charge < -0.3 is 14.2 Å². The minimum Gasteiger partial charge on any atom is -0.356 e. The van der Waals surface area contributed by atoms with Gasteiger partial charge >= 0.3 is 0 Å². The molecule has 0 aromatic rings. The lowest BCUT2D eigenvalue weighted by Crippen LogP contribution is -2.29. The van der Waals surface area contributed by atoms with Crippen LogP contribution in [0.3, 0.4) is 0 Å². The summed E-state index contributed by atoms with van der Waals surface area (Å²) in [4.78, 5) is 0. The Morgan fingerprint density at radius 3 is 2.00 bits per heavy atom. The first-order chi connectivity index (χ1) is 4.86. The van der Waals surface area contributed by atoms with E-state index in [4.69, 9.17) is 14.2 Å². The van der Waals surface area contributed by atoms with E-state index in [1.54, 1.807) is 14.2 Å². The minimum atomic E-state index is -0.0568. The lowest BCUT2D eigenvalue weighted by atomic mass is 10.2. The number of hydrogen-bond acceptors (Lipinski definition) is 3. The van der Waals surface area contributed by atoms with Crippen LogP contribution in [0.15, 0.2) is 0 Å². The number of ether oxygens (including phenoxy) is 3. The number of rotatable bonds is 2.